The van der Waals surface area contributed by atoms with Gasteiger partial charge < -0.3 is 0 Å². The molecule has 1 amide bonds. The Labute approximate surface area is 107 Å². The predicted molar refractivity (Wildman–Crippen MR) is 67.5 cm³/mol. The number of hydrogen-bond acceptors (Lipinski definition) is 4. The first-order valence-electron chi connectivity index (χ1n) is 6.54. The molecule has 6 heteroatoms. The highest BCUT2D eigenvalue weighted by molar-refractivity contribution is 5.75. The summed E-state index contributed by atoms with van der Waals surface area (Å²) in [5.74, 6) is 5.51. The van der Waals surface area contributed by atoms with Crippen LogP contribution in [0.5, 0.6) is 0 Å². The molecule has 18 heavy (non-hydrogen) atoms. The van der Waals surface area contributed by atoms with Gasteiger partial charge in [0.05, 0.1) is 11.4 Å². The van der Waals surface area contributed by atoms with Gasteiger partial charge in [-0.3, -0.25) is 10.2 Å². The molecule has 1 aliphatic carbocycles. The molecule has 0 saturated heterocycles. The number of nitrogens with two attached hydrogens (primary N) is 1. The number of aromatic nitrogens is 3. The van der Waals surface area contributed by atoms with Crippen LogP contribution in [0.1, 0.15) is 50.5 Å². The molecule has 1 aromatic heterocycles. The maximum Gasteiger partial charge on any atom is 0.233 e. The standard InChI is InChI=1S/C12H21N5O/c1-8(2)17-11-5-3-9(4-6-12(18)14-13)7-10(11)15-16-17/h8-9H,3-7,13H2,1-2H3,(H,14,18). The van der Waals surface area contributed by atoms with E-state index in [1.807, 2.05) is 4.68 Å². The van der Waals surface area contributed by atoms with E-state index in [1.165, 1.54) is 5.69 Å². The van der Waals surface area contributed by atoms with E-state index in [9.17, 15) is 4.79 Å². The van der Waals surface area contributed by atoms with Crippen molar-refractivity contribution in [1.82, 2.24) is 20.4 Å². The van der Waals surface area contributed by atoms with Crippen LogP contribution in [0.2, 0.25) is 0 Å². The number of amides is 1. The molecule has 1 unspecified atom stereocenters. The minimum atomic E-state index is -0.0911. The van der Waals surface area contributed by atoms with Crippen LogP contribution >= 0.6 is 0 Å². The Morgan fingerprint density at radius 1 is 1.61 bits per heavy atom. The second-order valence-electron chi connectivity index (χ2n) is 5.24. The van der Waals surface area contributed by atoms with Crippen LogP contribution in [0.4, 0.5) is 0 Å². The van der Waals surface area contributed by atoms with Gasteiger partial charge in [-0.2, -0.15) is 0 Å². The summed E-state index contributed by atoms with van der Waals surface area (Å²) in [5, 5.41) is 8.47. The second-order valence-corrected chi connectivity index (χ2v) is 5.24. The lowest BCUT2D eigenvalue weighted by Crippen LogP contribution is -2.30. The molecule has 0 spiro atoms. The molecule has 0 bridgehead atoms. The Hall–Kier alpha value is -1.43. The van der Waals surface area contributed by atoms with Gasteiger partial charge in [0.25, 0.3) is 0 Å². The molecule has 1 heterocycles. The minimum absolute atomic E-state index is 0.0911. The van der Waals surface area contributed by atoms with Gasteiger partial charge in [-0.15, -0.1) is 5.10 Å². The first kappa shape index (κ1) is 13.0. The fourth-order valence-electron chi connectivity index (χ4n) is 2.55. The van der Waals surface area contributed by atoms with Gasteiger partial charge in [0, 0.05) is 12.5 Å². The zero-order chi connectivity index (χ0) is 13.1. The maximum atomic E-state index is 11.1. The first-order chi connectivity index (χ1) is 8.61. The van der Waals surface area contributed by atoms with Gasteiger partial charge in [0.1, 0.15) is 0 Å². The number of rotatable bonds is 4. The lowest BCUT2D eigenvalue weighted by Gasteiger charge is -2.22. The number of nitrogens with zero attached hydrogens (tertiary/aromatic N) is 3. The number of nitrogens with one attached hydrogen (secondary N) is 1. The molecule has 6 nitrogen and oxygen atoms in total. The monoisotopic (exact) mass is 251 g/mol. The van der Waals surface area contributed by atoms with Crippen molar-refractivity contribution in [2.45, 2.75) is 52.0 Å². The van der Waals surface area contributed by atoms with Crippen LogP contribution in [0.15, 0.2) is 0 Å². The fraction of sp³-hybridized carbons (Fsp3) is 0.750. The number of carbonyl (C=O) groups excluding carboxylic acids is 1. The molecule has 2 rings (SSSR count). The molecule has 0 saturated carbocycles. The van der Waals surface area contributed by atoms with Gasteiger partial charge in [0.15, 0.2) is 0 Å². The van der Waals surface area contributed by atoms with Crippen molar-refractivity contribution in [3.8, 4) is 0 Å². The zero-order valence-corrected chi connectivity index (χ0v) is 11.0. The number of carbonyl (C=O) groups is 1. The molecule has 0 aromatic carbocycles. The summed E-state index contributed by atoms with van der Waals surface area (Å²) in [7, 11) is 0. The van der Waals surface area contributed by atoms with Gasteiger partial charge >= 0.3 is 0 Å². The Bertz CT molecular complexity index is 426. The fourth-order valence-corrected chi connectivity index (χ4v) is 2.55. The van der Waals surface area contributed by atoms with Crippen molar-refractivity contribution in [3.63, 3.8) is 0 Å². The van der Waals surface area contributed by atoms with E-state index < -0.39 is 0 Å². The van der Waals surface area contributed by atoms with Crippen molar-refractivity contribution in [1.29, 1.82) is 0 Å². The van der Waals surface area contributed by atoms with Crippen LogP contribution in [0.25, 0.3) is 0 Å². The molecule has 1 atom stereocenters. The molecule has 1 aliphatic rings. The van der Waals surface area contributed by atoms with E-state index in [2.05, 4.69) is 29.6 Å². The Balaban J connectivity index is 1.96. The van der Waals surface area contributed by atoms with E-state index in [1.54, 1.807) is 0 Å². The Morgan fingerprint density at radius 2 is 2.39 bits per heavy atom. The minimum Gasteiger partial charge on any atom is -0.294 e. The molecule has 3 N–H and O–H groups in total. The molecule has 100 valence electrons. The van der Waals surface area contributed by atoms with Crippen molar-refractivity contribution in [2.24, 2.45) is 11.8 Å². The third-order valence-corrected chi connectivity index (χ3v) is 3.57. The summed E-state index contributed by atoms with van der Waals surface area (Å²) >= 11 is 0. The molecule has 1 aromatic rings. The summed E-state index contributed by atoms with van der Waals surface area (Å²) in [6.45, 7) is 4.24. The number of hydrogen-bond donors (Lipinski definition) is 2. The quantitative estimate of drug-likeness (QED) is 0.469. The van der Waals surface area contributed by atoms with Crippen LogP contribution < -0.4 is 11.3 Å². The highest BCUT2D eigenvalue weighted by Crippen LogP contribution is 2.28. The highest BCUT2D eigenvalue weighted by atomic mass is 16.2. The average molecular weight is 251 g/mol. The Morgan fingerprint density at radius 3 is 3.06 bits per heavy atom. The summed E-state index contributed by atoms with van der Waals surface area (Å²) in [6.07, 6.45) is 4.41. The van der Waals surface area contributed by atoms with Crippen LogP contribution in [-0.2, 0) is 17.6 Å². The number of fused-ring (bicyclic) bond motifs is 1. The summed E-state index contributed by atoms with van der Waals surface area (Å²) in [6, 6.07) is 0.362. The molecule has 0 radical (unpaired) electrons. The summed E-state index contributed by atoms with van der Waals surface area (Å²) < 4.78 is 2.01. The third kappa shape index (κ3) is 2.69. The van der Waals surface area contributed by atoms with Crippen LogP contribution in [0.3, 0.4) is 0 Å². The van der Waals surface area contributed by atoms with Crippen molar-refractivity contribution >= 4 is 5.91 Å². The van der Waals surface area contributed by atoms with Gasteiger partial charge in [-0.25, -0.2) is 10.5 Å². The van der Waals surface area contributed by atoms with E-state index >= 15 is 0 Å². The maximum absolute atomic E-state index is 11.1. The van der Waals surface area contributed by atoms with Crippen LogP contribution in [-0.4, -0.2) is 20.9 Å². The van der Waals surface area contributed by atoms with E-state index in [-0.39, 0.29) is 5.91 Å². The predicted octanol–water partition coefficient (Wildman–Crippen LogP) is 0.734. The first-order valence-corrected chi connectivity index (χ1v) is 6.54. The van der Waals surface area contributed by atoms with Crippen LogP contribution in [0, 0.1) is 5.92 Å². The molecular formula is C12H21N5O. The van der Waals surface area contributed by atoms with E-state index in [0.717, 1.165) is 31.4 Å². The molecule has 0 fully saturated rings. The largest absolute Gasteiger partial charge is 0.294 e. The van der Waals surface area contributed by atoms with Gasteiger partial charge in [-0.05, 0) is 45.4 Å². The van der Waals surface area contributed by atoms with Gasteiger partial charge in [0.2, 0.25) is 5.91 Å². The second kappa shape index (κ2) is 5.48. The lowest BCUT2D eigenvalue weighted by atomic mass is 9.86. The topological polar surface area (TPSA) is 85.8 Å². The normalized spacial score (nSPS) is 18.8. The van der Waals surface area contributed by atoms with Crippen molar-refractivity contribution < 1.29 is 4.79 Å². The summed E-state index contributed by atoms with van der Waals surface area (Å²) in [4.78, 5) is 11.1. The SMILES string of the molecule is CC(C)n1nnc2c1CCC(CCC(=O)NN)C2. The molecule has 0 aliphatic heterocycles. The van der Waals surface area contributed by atoms with Crippen molar-refractivity contribution in [3.05, 3.63) is 11.4 Å². The summed E-state index contributed by atoms with van der Waals surface area (Å²) in [5.41, 5.74) is 4.54. The van der Waals surface area contributed by atoms with E-state index in [0.29, 0.717) is 18.4 Å². The van der Waals surface area contributed by atoms with Crippen molar-refractivity contribution in [2.75, 3.05) is 0 Å². The highest BCUT2D eigenvalue weighted by Gasteiger charge is 2.24. The lowest BCUT2D eigenvalue weighted by molar-refractivity contribution is -0.121. The Kier molecular flexibility index (Phi) is 3.96. The van der Waals surface area contributed by atoms with Gasteiger partial charge in [-0.1, -0.05) is 5.21 Å². The smallest absolute Gasteiger partial charge is 0.233 e. The van der Waals surface area contributed by atoms with E-state index in [4.69, 9.17) is 5.84 Å². The average Bonchev–Trinajstić information content (AvgIpc) is 2.78. The zero-order valence-electron chi connectivity index (χ0n) is 11.0. The molecular weight excluding hydrogens is 230 g/mol. The number of hydrazine groups is 1. The third-order valence-electron chi connectivity index (χ3n) is 3.57.